The number of benzene rings is 1. The summed E-state index contributed by atoms with van der Waals surface area (Å²) in [5, 5.41) is 3.30. The second kappa shape index (κ2) is 8.93. The van der Waals surface area contributed by atoms with E-state index in [4.69, 9.17) is 11.6 Å². The van der Waals surface area contributed by atoms with Crippen molar-refractivity contribution >= 4 is 28.5 Å². The summed E-state index contributed by atoms with van der Waals surface area (Å²) in [7, 11) is 0. The molecule has 0 aliphatic heterocycles. The molecule has 1 aromatic carbocycles. The lowest BCUT2D eigenvalue weighted by molar-refractivity contribution is -0.121. The molecule has 0 aliphatic carbocycles. The Labute approximate surface area is 181 Å². The van der Waals surface area contributed by atoms with Gasteiger partial charge in [0.05, 0.1) is 17.8 Å². The highest BCUT2D eigenvalue weighted by molar-refractivity contribution is 6.31. The first-order valence-corrected chi connectivity index (χ1v) is 9.91. The number of pyridine rings is 2. The molecule has 0 aliphatic rings. The van der Waals surface area contributed by atoms with Gasteiger partial charge in [-0.1, -0.05) is 35.9 Å². The largest absolute Gasteiger partial charge is 0.350 e. The van der Waals surface area contributed by atoms with Crippen LogP contribution in [0.25, 0.3) is 11.0 Å². The van der Waals surface area contributed by atoms with E-state index in [1.54, 1.807) is 54.7 Å². The maximum Gasteiger partial charge on any atom is 0.332 e. The van der Waals surface area contributed by atoms with Crippen LogP contribution in [-0.4, -0.2) is 25.0 Å². The lowest BCUT2D eigenvalue weighted by atomic mass is 10.2. The zero-order chi connectivity index (χ0) is 21.8. The quantitative estimate of drug-likeness (QED) is 0.499. The highest BCUT2D eigenvalue weighted by Gasteiger charge is 2.16. The SMILES string of the molecule is O=C(Cn1c(=O)n(Cc2ccccn2)c(=O)c2ncccc21)NCc1ccccc1Cl. The molecular weight excluding hydrogens is 418 g/mol. The third-order valence-electron chi connectivity index (χ3n) is 4.77. The maximum atomic E-state index is 13.1. The number of rotatable bonds is 6. The molecule has 4 aromatic rings. The monoisotopic (exact) mass is 435 g/mol. The maximum absolute atomic E-state index is 13.1. The van der Waals surface area contributed by atoms with E-state index in [0.29, 0.717) is 16.2 Å². The summed E-state index contributed by atoms with van der Waals surface area (Å²) in [4.78, 5) is 47.0. The van der Waals surface area contributed by atoms with Gasteiger partial charge in [-0.05, 0) is 35.9 Å². The zero-order valence-corrected chi connectivity index (χ0v) is 17.1. The number of nitrogens with zero attached hydrogens (tertiary/aromatic N) is 4. The van der Waals surface area contributed by atoms with Crippen molar-refractivity contribution in [1.82, 2.24) is 24.4 Å². The molecule has 9 heteroatoms. The van der Waals surface area contributed by atoms with E-state index >= 15 is 0 Å². The van der Waals surface area contributed by atoms with E-state index in [1.807, 2.05) is 6.07 Å². The van der Waals surface area contributed by atoms with Crippen molar-refractivity contribution in [3.63, 3.8) is 0 Å². The molecule has 3 heterocycles. The van der Waals surface area contributed by atoms with Gasteiger partial charge in [0.1, 0.15) is 6.54 Å². The minimum Gasteiger partial charge on any atom is -0.350 e. The van der Waals surface area contributed by atoms with E-state index in [0.717, 1.165) is 10.1 Å². The van der Waals surface area contributed by atoms with Gasteiger partial charge in [-0.15, -0.1) is 0 Å². The fourth-order valence-corrected chi connectivity index (χ4v) is 3.43. The Bertz CT molecular complexity index is 1370. The normalized spacial score (nSPS) is 10.9. The first-order chi connectivity index (χ1) is 15.0. The van der Waals surface area contributed by atoms with Gasteiger partial charge in [0.15, 0.2) is 5.52 Å². The van der Waals surface area contributed by atoms with E-state index in [-0.39, 0.29) is 25.2 Å². The molecule has 0 saturated carbocycles. The number of carbonyl (C=O) groups is 1. The second-order valence-electron chi connectivity index (χ2n) is 6.82. The third-order valence-corrected chi connectivity index (χ3v) is 5.14. The van der Waals surface area contributed by atoms with E-state index in [2.05, 4.69) is 15.3 Å². The fourth-order valence-electron chi connectivity index (χ4n) is 3.22. The van der Waals surface area contributed by atoms with Crippen LogP contribution in [0.2, 0.25) is 5.02 Å². The molecule has 0 saturated heterocycles. The molecule has 0 atom stereocenters. The Morgan fingerprint density at radius 2 is 1.71 bits per heavy atom. The second-order valence-corrected chi connectivity index (χ2v) is 7.23. The van der Waals surface area contributed by atoms with Crippen LogP contribution in [0.3, 0.4) is 0 Å². The third kappa shape index (κ3) is 4.39. The fraction of sp³-hybridized carbons (Fsp3) is 0.136. The minimum absolute atomic E-state index is 0.0216. The Balaban J connectivity index is 1.68. The average molecular weight is 436 g/mol. The van der Waals surface area contributed by atoms with Crippen LogP contribution in [0.4, 0.5) is 0 Å². The van der Waals surface area contributed by atoms with Gasteiger partial charge in [-0.2, -0.15) is 0 Å². The number of aromatic nitrogens is 4. The van der Waals surface area contributed by atoms with Crippen LogP contribution in [-0.2, 0) is 24.4 Å². The summed E-state index contributed by atoms with van der Waals surface area (Å²) in [6.45, 7) is -0.0722. The van der Waals surface area contributed by atoms with Crippen molar-refractivity contribution in [2.75, 3.05) is 0 Å². The number of hydrogen-bond acceptors (Lipinski definition) is 5. The van der Waals surface area contributed by atoms with Crippen LogP contribution in [0.15, 0.2) is 76.6 Å². The number of carbonyl (C=O) groups excluding carboxylic acids is 1. The van der Waals surface area contributed by atoms with Gasteiger partial charge in [0, 0.05) is 24.0 Å². The van der Waals surface area contributed by atoms with Crippen molar-refractivity contribution in [1.29, 1.82) is 0 Å². The summed E-state index contributed by atoms with van der Waals surface area (Å²) in [5.74, 6) is -0.393. The molecule has 0 spiro atoms. The zero-order valence-electron chi connectivity index (χ0n) is 16.4. The van der Waals surface area contributed by atoms with Crippen molar-refractivity contribution in [3.05, 3.63) is 104 Å². The first-order valence-electron chi connectivity index (χ1n) is 9.53. The summed E-state index contributed by atoms with van der Waals surface area (Å²) in [6.07, 6.45) is 3.06. The van der Waals surface area contributed by atoms with Gasteiger partial charge < -0.3 is 5.32 Å². The number of fused-ring (bicyclic) bond motifs is 1. The van der Waals surface area contributed by atoms with Gasteiger partial charge in [0.25, 0.3) is 5.56 Å². The van der Waals surface area contributed by atoms with Gasteiger partial charge in [-0.3, -0.25) is 23.7 Å². The summed E-state index contributed by atoms with van der Waals surface area (Å²) < 4.78 is 2.29. The van der Waals surface area contributed by atoms with Crippen LogP contribution in [0.5, 0.6) is 0 Å². The number of nitrogens with one attached hydrogen (secondary N) is 1. The standard InChI is InChI=1S/C22H18ClN5O3/c23-17-8-2-1-6-15(17)12-26-19(29)14-27-18-9-5-11-25-20(18)21(30)28(22(27)31)13-16-7-3-4-10-24-16/h1-11H,12-14H2,(H,26,29). The Kier molecular flexibility index (Phi) is 5.90. The van der Waals surface area contributed by atoms with Crippen LogP contribution in [0, 0.1) is 0 Å². The molecule has 3 aromatic heterocycles. The molecule has 4 rings (SSSR count). The lowest BCUT2D eigenvalue weighted by Crippen LogP contribution is -2.43. The van der Waals surface area contributed by atoms with Gasteiger partial charge >= 0.3 is 5.69 Å². The first kappa shape index (κ1) is 20.5. The van der Waals surface area contributed by atoms with Crippen molar-refractivity contribution in [2.45, 2.75) is 19.6 Å². The topological polar surface area (TPSA) is 98.9 Å². The molecule has 156 valence electrons. The van der Waals surface area contributed by atoms with Gasteiger partial charge in [0.2, 0.25) is 5.91 Å². The van der Waals surface area contributed by atoms with E-state index in [9.17, 15) is 14.4 Å². The Hall–Kier alpha value is -3.78. The van der Waals surface area contributed by atoms with E-state index < -0.39 is 17.2 Å². The molecule has 0 unspecified atom stereocenters. The summed E-state index contributed by atoms with van der Waals surface area (Å²) >= 11 is 6.13. The predicted octanol–water partition coefficient (Wildman–Crippen LogP) is 1.97. The van der Waals surface area contributed by atoms with Crippen molar-refractivity contribution < 1.29 is 4.79 Å². The molecule has 1 N–H and O–H groups in total. The lowest BCUT2D eigenvalue weighted by Gasteiger charge is -2.14. The highest BCUT2D eigenvalue weighted by atomic mass is 35.5. The molecule has 1 amide bonds. The van der Waals surface area contributed by atoms with Crippen LogP contribution < -0.4 is 16.6 Å². The molecule has 0 bridgehead atoms. The van der Waals surface area contributed by atoms with Crippen LogP contribution in [0.1, 0.15) is 11.3 Å². The molecule has 8 nitrogen and oxygen atoms in total. The summed E-state index contributed by atoms with van der Waals surface area (Å²) in [6, 6.07) is 15.6. The molecule has 0 radical (unpaired) electrons. The Morgan fingerprint density at radius 3 is 2.48 bits per heavy atom. The molecular formula is C22H18ClN5O3. The minimum atomic E-state index is -0.607. The average Bonchev–Trinajstić information content (AvgIpc) is 2.79. The number of amides is 1. The van der Waals surface area contributed by atoms with Crippen molar-refractivity contribution in [3.8, 4) is 0 Å². The molecule has 31 heavy (non-hydrogen) atoms. The number of hydrogen-bond donors (Lipinski definition) is 1. The van der Waals surface area contributed by atoms with Crippen molar-refractivity contribution in [2.24, 2.45) is 0 Å². The van der Waals surface area contributed by atoms with Gasteiger partial charge in [-0.25, -0.2) is 9.78 Å². The smallest absolute Gasteiger partial charge is 0.332 e. The Morgan fingerprint density at radius 1 is 0.935 bits per heavy atom. The predicted molar refractivity (Wildman–Crippen MR) is 117 cm³/mol. The highest BCUT2D eigenvalue weighted by Crippen LogP contribution is 2.14. The number of halogens is 1. The van der Waals surface area contributed by atoms with Crippen LogP contribution >= 0.6 is 11.6 Å². The summed E-state index contributed by atoms with van der Waals surface area (Å²) in [5.41, 5.74) is 0.575. The molecule has 0 fully saturated rings. The van der Waals surface area contributed by atoms with E-state index in [1.165, 1.54) is 10.8 Å².